The van der Waals surface area contributed by atoms with E-state index in [9.17, 15) is 9.90 Å². The van der Waals surface area contributed by atoms with Gasteiger partial charge in [-0.25, -0.2) is 4.98 Å². The molecule has 2 aromatic heterocycles. The zero-order valence-corrected chi connectivity index (χ0v) is 8.60. The predicted octanol–water partition coefficient (Wildman–Crippen LogP) is 0.821. The van der Waals surface area contributed by atoms with Gasteiger partial charge in [-0.15, -0.1) is 0 Å². The summed E-state index contributed by atoms with van der Waals surface area (Å²) in [4.78, 5) is 14.9. The lowest BCUT2D eigenvalue weighted by Crippen LogP contribution is -2.24. The number of carboxylic acid groups (broad SMARTS) is 1. The first-order valence-corrected chi connectivity index (χ1v) is 4.79. The topological polar surface area (TPSA) is 57.4 Å². The molecule has 2 aromatic rings. The van der Waals surface area contributed by atoms with Crippen LogP contribution in [0.3, 0.4) is 0 Å². The zero-order chi connectivity index (χ0) is 11.0. The van der Waals surface area contributed by atoms with Crippen LogP contribution in [0.15, 0.2) is 24.4 Å². The third-order valence-corrected chi connectivity index (χ3v) is 2.31. The summed E-state index contributed by atoms with van der Waals surface area (Å²) >= 11 is 0. The molecule has 0 radical (unpaired) electrons. The first-order chi connectivity index (χ1) is 7.11. The van der Waals surface area contributed by atoms with Crippen molar-refractivity contribution in [1.29, 1.82) is 0 Å². The van der Waals surface area contributed by atoms with Gasteiger partial charge in [0.05, 0.1) is 11.7 Å². The van der Waals surface area contributed by atoms with Crippen LogP contribution in [0.2, 0.25) is 0 Å². The molecule has 78 valence electrons. The predicted molar refractivity (Wildman–Crippen MR) is 53.6 cm³/mol. The van der Waals surface area contributed by atoms with Gasteiger partial charge in [0.15, 0.2) is 0 Å². The molecule has 0 saturated heterocycles. The number of aromatic carboxylic acids is 1. The van der Waals surface area contributed by atoms with Crippen LogP contribution in [0.1, 0.15) is 35.9 Å². The van der Waals surface area contributed by atoms with Gasteiger partial charge in [-0.2, -0.15) is 0 Å². The minimum Gasteiger partial charge on any atom is -0.543 e. The first kappa shape index (κ1) is 9.71. The molecule has 0 atom stereocenters. The molecule has 4 heteroatoms. The van der Waals surface area contributed by atoms with Crippen LogP contribution >= 0.6 is 0 Å². The Kier molecular flexibility index (Phi) is 2.19. The molecule has 0 aromatic carbocycles. The summed E-state index contributed by atoms with van der Waals surface area (Å²) in [6.07, 6.45) is 1.81. The van der Waals surface area contributed by atoms with Crippen molar-refractivity contribution in [3.8, 4) is 0 Å². The monoisotopic (exact) mass is 203 g/mol. The number of hydrogen-bond acceptors (Lipinski definition) is 3. The van der Waals surface area contributed by atoms with Crippen molar-refractivity contribution in [2.75, 3.05) is 0 Å². The SMILES string of the molecule is CC(C)c1c(C(=O)[O-])nc2ccccn12. The molecule has 0 saturated carbocycles. The van der Waals surface area contributed by atoms with Gasteiger partial charge < -0.3 is 14.3 Å². The van der Waals surface area contributed by atoms with Crippen molar-refractivity contribution < 1.29 is 9.90 Å². The fourth-order valence-corrected chi connectivity index (χ4v) is 1.72. The molecule has 0 spiro atoms. The highest BCUT2D eigenvalue weighted by atomic mass is 16.4. The molecule has 0 unspecified atom stereocenters. The summed E-state index contributed by atoms with van der Waals surface area (Å²) in [5.74, 6) is -1.13. The second-order valence-corrected chi connectivity index (χ2v) is 3.72. The van der Waals surface area contributed by atoms with E-state index in [1.165, 1.54) is 0 Å². The summed E-state index contributed by atoms with van der Waals surface area (Å²) in [6, 6.07) is 5.45. The fourth-order valence-electron chi connectivity index (χ4n) is 1.72. The molecule has 0 amide bonds. The summed E-state index contributed by atoms with van der Waals surface area (Å²) in [5, 5.41) is 10.9. The quantitative estimate of drug-likeness (QED) is 0.726. The maximum absolute atomic E-state index is 10.9. The lowest BCUT2D eigenvalue weighted by molar-refractivity contribution is -0.255. The van der Waals surface area contributed by atoms with Gasteiger partial charge in [-0.1, -0.05) is 19.9 Å². The molecule has 2 heterocycles. The van der Waals surface area contributed by atoms with Crippen molar-refractivity contribution in [1.82, 2.24) is 9.38 Å². The van der Waals surface area contributed by atoms with Crippen molar-refractivity contribution in [3.05, 3.63) is 35.8 Å². The molecule has 0 aliphatic carbocycles. The number of rotatable bonds is 2. The van der Waals surface area contributed by atoms with Gasteiger partial charge >= 0.3 is 0 Å². The Morgan fingerprint density at radius 1 is 1.47 bits per heavy atom. The van der Waals surface area contributed by atoms with Gasteiger partial charge in [0.2, 0.25) is 0 Å². The highest BCUT2D eigenvalue weighted by Gasteiger charge is 2.15. The Labute approximate surface area is 87.2 Å². The van der Waals surface area contributed by atoms with Crippen LogP contribution in [0.5, 0.6) is 0 Å². The molecule has 15 heavy (non-hydrogen) atoms. The summed E-state index contributed by atoms with van der Waals surface area (Å²) < 4.78 is 1.79. The molecule has 0 N–H and O–H groups in total. The Bertz CT molecular complexity index is 514. The van der Waals surface area contributed by atoms with E-state index in [0.29, 0.717) is 11.3 Å². The second kappa shape index (κ2) is 3.38. The van der Waals surface area contributed by atoms with Gasteiger partial charge in [-0.3, -0.25) is 0 Å². The number of imidazole rings is 1. The number of carbonyl (C=O) groups is 1. The van der Waals surface area contributed by atoms with Crippen LogP contribution in [-0.4, -0.2) is 15.4 Å². The lowest BCUT2D eigenvalue weighted by atomic mass is 10.1. The number of nitrogens with zero attached hydrogens (tertiary/aromatic N) is 2. The number of aromatic nitrogens is 2. The molecule has 4 nitrogen and oxygen atoms in total. The van der Waals surface area contributed by atoms with E-state index in [4.69, 9.17) is 0 Å². The summed E-state index contributed by atoms with van der Waals surface area (Å²) in [6.45, 7) is 3.87. The van der Waals surface area contributed by atoms with Crippen LogP contribution in [0, 0.1) is 0 Å². The standard InChI is InChI=1S/C11H12N2O2/c1-7(2)10-9(11(14)15)12-8-5-3-4-6-13(8)10/h3-7H,1-2H3,(H,14,15)/p-1. The van der Waals surface area contributed by atoms with E-state index < -0.39 is 5.97 Å². The van der Waals surface area contributed by atoms with Gasteiger partial charge in [0, 0.05) is 6.20 Å². The Morgan fingerprint density at radius 2 is 2.20 bits per heavy atom. The Hall–Kier alpha value is -1.84. The molecule has 0 aliphatic rings. The minimum atomic E-state index is -1.22. The highest BCUT2D eigenvalue weighted by molar-refractivity contribution is 5.86. The number of pyridine rings is 1. The minimum absolute atomic E-state index is 0.0381. The maximum Gasteiger partial charge on any atom is 0.137 e. The smallest absolute Gasteiger partial charge is 0.137 e. The number of carboxylic acids is 1. The van der Waals surface area contributed by atoms with E-state index in [-0.39, 0.29) is 11.6 Å². The average Bonchev–Trinajstić information content (AvgIpc) is 2.56. The Balaban J connectivity index is 2.80. The third-order valence-electron chi connectivity index (χ3n) is 2.31. The highest BCUT2D eigenvalue weighted by Crippen LogP contribution is 2.20. The van der Waals surface area contributed by atoms with Crippen LogP contribution in [0.4, 0.5) is 0 Å². The number of hydrogen-bond donors (Lipinski definition) is 0. The van der Waals surface area contributed by atoms with Crippen molar-refractivity contribution in [2.24, 2.45) is 0 Å². The van der Waals surface area contributed by atoms with Crippen molar-refractivity contribution >= 4 is 11.6 Å². The van der Waals surface area contributed by atoms with E-state index in [0.717, 1.165) is 0 Å². The van der Waals surface area contributed by atoms with E-state index in [2.05, 4.69) is 4.98 Å². The first-order valence-electron chi connectivity index (χ1n) is 4.79. The lowest BCUT2D eigenvalue weighted by Gasteiger charge is -2.08. The zero-order valence-electron chi connectivity index (χ0n) is 8.60. The van der Waals surface area contributed by atoms with Crippen LogP contribution in [0.25, 0.3) is 5.65 Å². The molecule has 0 aliphatic heterocycles. The average molecular weight is 203 g/mol. The summed E-state index contributed by atoms with van der Waals surface area (Å²) in [7, 11) is 0. The van der Waals surface area contributed by atoms with E-state index in [1.807, 2.05) is 32.2 Å². The Morgan fingerprint density at radius 3 is 2.80 bits per heavy atom. The largest absolute Gasteiger partial charge is 0.543 e. The molecular formula is C11H11N2O2-. The summed E-state index contributed by atoms with van der Waals surface area (Å²) in [5.41, 5.74) is 1.36. The maximum atomic E-state index is 10.9. The second-order valence-electron chi connectivity index (χ2n) is 3.72. The van der Waals surface area contributed by atoms with Gasteiger partial charge in [0.1, 0.15) is 11.3 Å². The third kappa shape index (κ3) is 1.48. The molecule has 0 bridgehead atoms. The number of carbonyl (C=O) groups excluding carboxylic acids is 1. The van der Waals surface area contributed by atoms with Crippen LogP contribution < -0.4 is 5.11 Å². The fraction of sp³-hybridized carbons (Fsp3) is 0.273. The van der Waals surface area contributed by atoms with Crippen molar-refractivity contribution in [3.63, 3.8) is 0 Å². The van der Waals surface area contributed by atoms with Crippen molar-refractivity contribution in [2.45, 2.75) is 19.8 Å². The normalized spacial score (nSPS) is 11.1. The van der Waals surface area contributed by atoms with E-state index >= 15 is 0 Å². The molecule has 2 rings (SSSR count). The van der Waals surface area contributed by atoms with Gasteiger partial charge in [0.25, 0.3) is 0 Å². The van der Waals surface area contributed by atoms with E-state index in [1.54, 1.807) is 10.5 Å². The number of fused-ring (bicyclic) bond motifs is 1. The molecular weight excluding hydrogens is 192 g/mol. The van der Waals surface area contributed by atoms with Crippen LogP contribution in [-0.2, 0) is 0 Å². The van der Waals surface area contributed by atoms with Gasteiger partial charge in [-0.05, 0) is 18.1 Å². The molecule has 0 fully saturated rings.